The summed E-state index contributed by atoms with van der Waals surface area (Å²) in [6.07, 6.45) is 1.25. The number of nitrogens with zero attached hydrogens (tertiary/aromatic N) is 3. The second-order valence-electron chi connectivity index (χ2n) is 6.68. The predicted octanol–water partition coefficient (Wildman–Crippen LogP) is 3.18. The average Bonchev–Trinajstić information content (AvgIpc) is 3.33. The zero-order valence-electron chi connectivity index (χ0n) is 15.4. The molecule has 28 heavy (non-hydrogen) atoms. The first-order valence-electron chi connectivity index (χ1n) is 8.98. The summed E-state index contributed by atoms with van der Waals surface area (Å²) in [6, 6.07) is 10.1. The number of nitrogens with one attached hydrogen (secondary N) is 1. The molecule has 1 aliphatic heterocycles. The average molecular weight is 399 g/mol. The number of thiophene rings is 1. The molecule has 0 spiro atoms. The van der Waals surface area contributed by atoms with E-state index in [4.69, 9.17) is 14.9 Å². The van der Waals surface area contributed by atoms with E-state index >= 15 is 0 Å². The van der Waals surface area contributed by atoms with E-state index in [9.17, 15) is 4.79 Å². The van der Waals surface area contributed by atoms with Crippen LogP contribution in [0.3, 0.4) is 0 Å². The van der Waals surface area contributed by atoms with E-state index in [0.29, 0.717) is 22.5 Å². The van der Waals surface area contributed by atoms with Crippen LogP contribution < -0.4 is 11.1 Å². The number of aromatic nitrogens is 2. The molecular weight excluding hydrogens is 378 g/mol. The van der Waals surface area contributed by atoms with Gasteiger partial charge in [0.1, 0.15) is 4.88 Å². The lowest BCUT2D eigenvalue weighted by molar-refractivity contribution is -0.00436. The molecule has 3 aromatic rings. The van der Waals surface area contributed by atoms with Gasteiger partial charge in [0.2, 0.25) is 6.39 Å². The molecule has 0 saturated carbocycles. The topological polar surface area (TPSA) is 107 Å². The van der Waals surface area contributed by atoms with Gasteiger partial charge in [0.15, 0.2) is 0 Å². The highest BCUT2D eigenvalue weighted by Crippen LogP contribution is 2.40. The summed E-state index contributed by atoms with van der Waals surface area (Å²) in [5, 5.41) is 10.3. The van der Waals surface area contributed by atoms with Gasteiger partial charge >= 0.3 is 6.03 Å². The van der Waals surface area contributed by atoms with Gasteiger partial charge in [-0.25, -0.2) is 4.79 Å². The molecule has 146 valence electrons. The molecule has 0 unspecified atom stereocenters. The minimum Gasteiger partial charge on any atom is -0.423 e. The fourth-order valence-electron chi connectivity index (χ4n) is 3.20. The van der Waals surface area contributed by atoms with E-state index in [0.717, 1.165) is 36.7 Å². The number of primary amides is 1. The molecule has 2 amide bonds. The molecule has 1 aromatic carbocycles. The Hall–Kier alpha value is -2.75. The van der Waals surface area contributed by atoms with Crippen LogP contribution in [0.5, 0.6) is 0 Å². The van der Waals surface area contributed by atoms with Crippen molar-refractivity contribution in [1.82, 2.24) is 15.1 Å². The normalized spacial score (nSPS) is 17.5. The van der Waals surface area contributed by atoms with Crippen molar-refractivity contribution in [3.63, 3.8) is 0 Å². The van der Waals surface area contributed by atoms with Gasteiger partial charge in [-0.05, 0) is 24.1 Å². The van der Waals surface area contributed by atoms with Crippen LogP contribution in [0, 0.1) is 0 Å². The summed E-state index contributed by atoms with van der Waals surface area (Å²) in [4.78, 5) is 15.4. The molecule has 0 bridgehead atoms. The molecule has 0 aliphatic carbocycles. The summed E-state index contributed by atoms with van der Waals surface area (Å²) in [5.41, 5.74) is 8.14. The molecule has 2 aromatic heterocycles. The van der Waals surface area contributed by atoms with Crippen molar-refractivity contribution in [3.05, 3.63) is 42.3 Å². The van der Waals surface area contributed by atoms with E-state index < -0.39 is 6.03 Å². The molecular formula is C19H21N5O3S. The summed E-state index contributed by atoms with van der Waals surface area (Å²) < 4.78 is 10.8. The lowest BCUT2D eigenvalue weighted by Gasteiger charge is -2.33. The summed E-state index contributed by atoms with van der Waals surface area (Å²) in [5.74, 6) is 0.345. The van der Waals surface area contributed by atoms with Gasteiger partial charge in [-0.2, -0.15) is 0 Å². The number of amides is 2. The zero-order chi connectivity index (χ0) is 19.5. The van der Waals surface area contributed by atoms with Crippen LogP contribution in [-0.4, -0.2) is 46.9 Å². The number of carbonyl (C=O) groups is 1. The Bertz CT molecular complexity index is 939. The lowest BCUT2D eigenvalue weighted by Crippen LogP contribution is -2.42. The van der Waals surface area contributed by atoms with Crippen molar-refractivity contribution in [3.8, 4) is 21.2 Å². The molecule has 4 rings (SSSR count). The van der Waals surface area contributed by atoms with Crippen molar-refractivity contribution >= 4 is 23.1 Å². The largest absolute Gasteiger partial charge is 0.423 e. The third-order valence-electron chi connectivity index (χ3n) is 4.67. The van der Waals surface area contributed by atoms with E-state index in [2.05, 4.69) is 51.6 Å². The number of anilines is 1. The first-order chi connectivity index (χ1) is 13.6. The SMILES string of the molecule is C[C@H]1COCCN1Cc1ccc(-c2cc(NC(N)=O)c(-c3nnco3)s2)cc1. The van der Waals surface area contributed by atoms with Crippen LogP contribution in [0.4, 0.5) is 10.5 Å². The monoisotopic (exact) mass is 399 g/mol. The molecule has 9 heteroatoms. The van der Waals surface area contributed by atoms with Gasteiger partial charge in [-0.15, -0.1) is 21.5 Å². The van der Waals surface area contributed by atoms with Gasteiger partial charge in [0, 0.05) is 24.0 Å². The molecule has 1 saturated heterocycles. The van der Waals surface area contributed by atoms with Crippen LogP contribution in [-0.2, 0) is 11.3 Å². The Balaban J connectivity index is 1.56. The van der Waals surface area contributed by atoms with Gasteiger partial charge < -0.3 is 20.2 Å². The van der Waals surface area contributed by atoms with E-state index in [1.807, 2.05) is 6.07 Å². The maximum Gasteiger partial charge on any atom is 0.316 e. The van der Waals surface area contributed by atoms with Crippen LogP contribution in [0.1, 0.15) is 12.5 Å². The van der Waals surface area contributed by atoms with Crippen molar-refractivity contribution < 1.29 is 13.9 Å². The van der Waals surface area contributed by atoms with E-state index in [1.165, 1.54) is 23.3 Å². The Morgan fingerprint density at radius 2 is 2.21 bits per heavy atom. The van der Waals surface area contributed by atoms with Crippen molar-refractivity contribution in [2.24, 2.45) is 5.73 Å². The molecule has 1 fully saturated rings. The number of urea groups is 1. The minimum atomic E-state index is -0.639. The Labute approximate surface area is 166 Å². The van der Waals surface area contributed by atoms with Gasteiger partial charge in [0.05, 0.1) is 18.9 Å². The maximum atomic E-state index is 11.3. The van der Waals surface area contributed by atoms with Gasteiger partial charge in [-0.1, -0.05) is 24.3 Å². The highest BCUT2D eigenvalue weighted by Gasteiger charge is 2.20. The van der Waals surface area contributed by atoms with Gasteiger partial charge in [-0.3, -0.25) is 4.90 Å². The predicted molar refractivity (Wildman–Crippen MR) is 107 cm³/mol. The first kappa shape index (κ1) is 18.6. The van der Waals surface area contributed by atoms with Crippen LogP contribution in [0.25, 0.3) is 21.2 Å². The Morgan fingerprint density at radius 3 is 2.89 bits per heavy atom. The third-order valence-corrected chi connectivity index (χ3v) is 5.85. The quantitative estimate of drug-likeness (QED) is 0.682. The Morgan fingerprint density at radius 1 is 1.39 bits per heavy atom. The minimum absolute atomic E-state index is 0.345. The van der Waals surface area contributed by atoms with E-state index in [-0.39, 0.29) is 0 Å². The number of nitrogens with two attached hydrogens (primary N) is 1. The number of carbonyl (C=O) groups excluding carboxylic acids is 1. The number of benzene rings is 1. The molecule has 0 radical (unpaired) electrons. The van der Waals surface area contributed by atoms with Crippen molar-refractivity contribution in [1.29, 1.82) is 0 Å². The number of ether oxygens (including phenoxy) is 1. The molecule has 3 N–H and O–H groups in total. The highest BCUT2D eigenvalue weighted by molar-refractivity contribution is 7.19. The fourth-order valence-corrected chi connectivity index (χ4v) is 4.24. The number of rotatable bonds is 5. The van der Waals surface area contributed by atoms with Crippen molar-refractivity contribution in [2.75, 3.05) is 25.1 Å². The first-order valence-corrected chi connectivity index (χ1v) is 9.80. The summed E-state index contributed by atoms with van der Waals surface area (Å²) in [6.45, 7) is 5.60. The molecule has 3 heterocycles. The number of hydrogen-bond acceptors (Lipinski definition) is 7. The molecule has 1 atom stereocenters. The smallest absolute Gasteiger partial charge is 0.316 e. The van der Waals surface area contributed by atoms with Crippen LogP contribution in [0.2, 0.25) is 0 Å². The second kappa shape index (κ2) is 8.09. The van der Waals surface area contributed by atoms with Gasteiger partial charge in [0.25, 0.3) is 5.89 Å². The van der Waals surface area contributed by atoms with E-state index in [1.54, 1.807) is 0 Å². The maximum absolute atomic E-state index is 11.3. The highest BCUT2D eigenvalue weighted by atomic mass is 32.1. The number of morpholine rings is 1. The zero-order valence-corrected chi connectivity index (χ0v) is 16.2. The van der Waals surface area contributed by atoms with Crippen LogP contribution >= 0.6 is 11.3 Å². The standard InChI is InChI=1S/C19H21N5O3S/c1-12-10-26-7-6-24(12)9-13-2-4-14(5-3-13)16-8-15(22-19(20)25)17(28-16)18-23-21-11-27-18/h2-5,8,11-12H,6-7,9-10H2,1H3,(H3,20,22,25)/t12-/m0/s1. The Kier molecular flexibility index (Phi) is 5.38. The summed E-state index contributed by atoms with van der Waals surface area (Å²) in [7, 11) is 0. The van der Waals surface area contributed by atoms with Crippen LogP contribution in [0.15, 0.2) is 41.1 Å². The lowest BCUT2D eigenvalue weighted by atomic mass is 10.1. The third kappa shape index (κ3) is 4.06. The molecule has 1 aliphatic rings. The van der Waals surface area contributed by atoms with Crippen molar-refractivity contribution in [2.45, 2.75) is 19.5 Å². The second-order valence-corrected chi connectivity index (χ2v) is 7.73. The molecule has 8 nitrogen and oxygen atoms in total. The fraction of sp³-hybridized carbons (Fsp3) is 0.316. The summed E-state index contributed by atoms with van der Waals surface area (Å²) >= 11 is 1.46. The number of hydrogen-bond donors (Lipinski definition) is 2.